The predicted molar refractivity (Wildman–Crippen MR) is 82.0 cm³/mol. The van der Waals surface area contributed by atoms with Crippen molar-refractivity contribution < 1.29 is 13.3 Å². The third kappa shape index (κ3) is 3.92. The number of non-ortho nitro benzene ring substituents is 1. The van der Waals surface area contributed by atoms with Gasteiger partial charge in [-0.1, -0.05) is 13.8 Å². The summed E-state index contributed by atoms with van der Waals surface area (Å²) in [7, 11) is -3.76. The number of nitrogens with zero attached hydrogens (tertiary/aromatic N) is 2. The molecule has 0 saturated carbocycles. The molecule has 0 atom stereocenters. The van der Waals surface area contributed by atoms with Gasteiger partial charge in [-0.05, 0) is 19.4 Å². The number of rotatable bonds is 8. The highest BCUT2D eigenvalue weighted by molar-refractivity contribution is 7.89. The maximum Gasteiger partial charge on any atom is 0.270 e. The van der Waals surface area contributed by atoms with Crippen molar-refractivity contribution in [3.05, 3.63) is 28.3 Å². The first-order chi connectivity index (χ1) is 9.88. The molecule has 0 aliphatic rings. The van der Waals surface area contributed by atoms with Gasteiger partial charge in [0, 0.05) is 31.8 Å². The monoisotopic (exact) mass is 315 g/mol. The minimum Gasteiger partial charge on any atom is -0.384 e. The predicted octanol–water partition coefficient (Wildman–Crippen LogP) is 2.45. The number of nitrogens with one attached hydrogen (secondary N) is 1. The van der Waals surface area contributed by atoms with E-state index in [-0.39, 0.29) is 10.6 Å². The molecule has 1 rings (SSSR count). The number of sulfonamides is 1. The summed E-state index contributed by atoms with van der Waals surface area (Å²) in [6, 6.07) is 3.85. The van der Waals surface area contributed by atoms with Crippen molar-refractivity contribution >= 4 is 21.4 Å². The van der Waals surface area contributed by atoms with Crippen LogP contribution in [0.5, 0.6) is 0 Å². The lowest BCUT2D eigenvalue weighted by Crippen LogP contribution is -2.32. The van der Waals surface area contributed by atoms with Crippen molar-refractivity contribution in [1.29, 1.82) is 0 Å². The first-order valence-electron chi connectivity index (χ1n) is 6.90. The molecule has 21 heavy (non-hydrogen) atoms. The molecular weight excluding hydrogens is 294 g/mol. The van der Waals surface area contributed by atoms with Crippen molar-refractivity contribution in [1.82, 2.24) is 4.31 Å². The summed E-state index contributed by atoms with van der Waals surface area (Å²) in [4.78, 5) is 10.3. The van der Waals surface area contributed by atoms with Crippen LogP contribution in [-0.2, 0) is 10.0 Å². The van der Waals surface area contributed by atoms with Crippen LogP contribution in [0.4, 0.5) is 11.4 Å². The van der Waals surface area contributed by atoms with Gasteiger partial charge in [0.05, 0.1) is 10.6 Å². The Hall–Kier alpha value is -1.67. The Morgan fingerprint density at radius 1 is 1.29 bits per heavy atom. The minimum atomic E-state index is -3.76. The van der Waals surface area contributed by atoms with Crippen LogP contribution in [-0.4, -0.2) is 37.3 Å². The van der Waals surface area contributed by atoms with Crippen LogP contribution in [0.15, 0.2) is 23.1 Å². The highest BCUT2D eigenvalue weighted by Crippen LogP contribution is 2.29. The molecule has 1 aromatic rings. The maximum atomic E-state index is 12.7. The molecule has 118 valence electrons. The van der Waals surface area contributed by atoms with Gasteiger partial charge in [0.2, 0.25) is 10.0 Å². The second-order valence-corrected chi connectivity index (χ2v) is 6.37. The minimum absolute atomic E-state index is 0.0474. The Bertz CT molecular complexity index is 601. The van der Waals surface area contributed by atoms with Gasteiger partial charge in [-0.3, -0.25) is 10.1 Å². The Kier molecular flexibility index (Phi) is 6.10. The number of nitro benzene ring substituents is 1. The molecule has 0 amide bonds. The van der Waals surface area contributed by atoms with Crippen LogP contribution in [0.3, 0.4) is 0 Å². The van der Waals surface area contributed by atoms with Crippen LogP contribution in [0, 0.1) is 10.1 Å². The topological polar surface area (TPSA) is 92.5 Å². The van der Waals surface area contributed by atoms with Gasteiger partial charge in [0.25, 0.3) is 5.69 Å². The molecule has 0 aliphatic carbocycles. The van der Waals surface area contributed by atoms with Crippen molar-refractivity contribution in [2.45, 2.75) is 32.1 Å². The summed E-state index contributed by atoms with van der Waals surface area (Å²) >= 11 is 0. The zero-order valence-corrected chi connectivity index (χ0v) is 13.3. The first kappa shape index (κ1) is 17.4. The molecule has 7 nitrogen and oxygen atoms in total. The lowest BCUT2D eigenvalue weighted by molar-refractivity contribution is -0.385. The van der Waals surface area contributed by atoms with E-state index in [2.05, 4.69) is 5.32 Å². The summed E-state index contributed by atoms with van der Waals surface area (Å²) < 4.78 is 26.7. The summed E-state index contributed by atoms with van der Waals surface area (Å²) in [6.45, 7) is 6.70. The van der Waals surface area contributed by atoms with Crippen LogP contribution >= 0.6 is 0 Å². The summed E-state index contributed by atoms with van der Waals surface area (Å²) in [5, 5.41) is 13.8. The number of hydrogen-bond donors (Lipinski definition) is 1. The molecule has 1 N–H and O–H groups in total. The van der Waals surface area contributed by atoms with Crippen molar-refractivity contribution in [2.24, 2.45) is 0 Å². The second-order valence-electron chi connectivity index (χ2n) is 4.46. The largest absolute Gasteiger partial charge is 0.384 e. The van der Waals surface area contributed by atoms with Crippen molar-refractivity contribution in [3.8, 4) is 0 Å². The Morgan fingerprint density at radius 3 is 2.43 bits per heavy atom. The van der Waals surface area contributed by atoms with Crippen LogP contribution in [0.25, 0.3) is 0 Å². The SMILES string of the molecule is CCCN(CC)S(=O)(=O)c1cc([N+](=O)[O-])ccc1NCC. The van der Waals surface area contributed by atoms with E-state index in [0.717, 1.165) is 6.07 Å². The fourth-order valence-electron chi connectivity index (χ4n) is 2.01. The van der Waals surface area contributed by atoms with Gasteiger partial charge in [0.15, 0.2) is 0 Å². The molecule has 0 spiro atoms. The number of hydrogen-bond acceptors (Lipinski definition) is 5. The highest BCUT2D eigenvalue weighted by atomic mass is 32.2. The molecule has 0 unspecified atom stereocenters. The van der Waals surface area contributed by atoms with Crippen LogP contribution in [0.2, 0.25) is 0 Å². The average Bonchev–Trinajstić information content (AvgIpc) is 2.44. The first-order valence-corrected chi connectivity index (χ1v) is 8.34. The lowest BCUT2D eigenvalue weighted by Gasteiger charge is -2.21. The molecule has 0 saturated heterocycles. The van der Waals surface area contributed by atoms with E-state index >= 15 is 0 Å². The summed E-state index contributed by atoms with van der Waals surface area (Å²) in [5.41, 5.74) is 0.153. The molecule has 0 radical (unpaired) electrons. The third-order valence-electron chi connectivity index (χ3n) is 2.99. The van der Waals surface area contributed by atoms with Gasteiger partial charge in [-0.25, -0.2) is 8.42 Å². The lowest BCUT2D eigenvalue weighted by atomic mass is 10.3. The highest BCUT2D eigenvalue weighted by Gasteiger charge is 2.27. The quantitative estimate of drug-likeness (QED) is 0.587. The van der Waals surface area contributed by atoms with Gasteiger partial charge in [-0.2, -0.15) is 4.31 Å². The summed E-state index contributed by atoms with van der Waals surface area (Å²) in [5.74, 6) is 0. The number of nitro groups is 1. The van der Waals surface area contributed by atoms with E-state index in [9.17, 15) is 18.5 Å². The fraction of sp³-hybridized carbons (Fsp3) is 0.538. The normalized spacial score (nSPS) is 11.6. The molecular formula is C13H21N3O4S. The van der Waals surface area contributed by atoms with Gasteiger partial charge in [0.1, 0.15) is 4.90 Å². The smallest absolute Gasteiger partial charge is 0.270 e. The van der Waals surface area contributed by atoms with E-state index in [1.807, 2.05) is 13.8 Å². The Labute approximate surface area is 125 Å². The van der Waals surface area contributed by atoms with Crippen molar-refractivity contribution in [3.63, 3.8) is 0 Å². The van der Waals surface area contributed by atoms with E-state index in [1.165, 1.54) is 16.4 Å². The molecule has 0 aromatic heterocycles. The molecule has 0 fully saturated rings. The third-order valence-corrected chi connectivity index (χ3v) is 5.00. The van der Waals surface area contributed by atoms with E-state index < -0.39 is 14.9 Å². The van der Waals surface area contributed by atoms with Crippen molar-refractivity contribution in [2.75, 3.05) is 25.0 Å². The zero-order chi connectivity index (χ0) is 16.0. The van der Waals surface area contributed by atoms with Crippen LogP contribution < -0.4 is 5.32 Å². The van der Waals surface area contributed by atoms with Gasteiger partial charge < -0.3 is 5.32 Å². The summed E-state index contributed by atoms with van der Waals surface area (Å²) in [6.07, 6.45) is 0.679. The molecule has 1 aromatic carbocycles. The zero-order valence-electron chi connectivity index (χ0n) is 12.5. The molecule has 0 aliphatic heterocycles. The maximum absolute atomic E-state index is 12.7. The van der Waals surface area contributed by atoms with Gasteiger partial charge in [-0.15, -0.1) is 0 Å². The Balaban J connectivity index is 3.42. The van der Waals surface area contributed by atoms with Crippen LogP contribution in [0.1, 0.15) is 27.2 Å². The average molecular weight is 315 g/mol. The molecule has 0 bridgehead atoms. The van der Waals surface area contributed by atoms with E-state index in [4.69, 9.17) is 0 Å². The van der Waals surface area contributed by atoms with Gasteiger partial charge >= 0.3 is 0 Å². The number of benzene rings is 1. The fourth-order valence-corrected chi connectivity index (χ4v) is 3.74. The molecule has 8 heteroatoms. The molecule has 0 heterocycles. The standard InChI is InChI=1S/C13H21N3O4S/c1-4-9-15(6-3)21(19,20)13-10-11(16(17)18)7-8-12(13)14-5-2/h7-8,10,14H,4-6,9H2,1-3H3. The van der Waals surface area contributed by atoms with E-state index in [0.29, 0.717) is 31.7 Å². The number of anilines is 1. The Morgan fingerprint density at radius 2 is 1.95 bits per heavy atom. The van der Waals surface area contributed by atoms with E-state index in [1.54, 1.807) is 6.92 Å². The second kappa shape index (κ2) is 7.37.